The Balaban J connectivity index is 1.83. The standard InChI is InChI=1S/C12H21NO4S/c14-10-5-9(18)11(15)13(10)6-7-1-3-8(4-2-7)12(16)17/h7-11,14-15,18H,1-6H2,(H,16,17). The topological polar surface area (TPSA) is 81.0 Å². The summed E-state index contributed by atoms with van der Waals surface area (Å²) in [6, 6.07) is 0. The summed E-state index contributed by atoms with van der Waals surface area (Å²) in [7, 11) is 0. The van der Waals surface area contributed by atoms with Crippen LogP contribution in [0.2, 0.25) is 0 Å². The summed E-state index contributed by atoms with van der Waals surface area (Å²) in [6.07, 6.45) is 2.26. The molecule has 0 radical (unpaired) electrons. The first-order valence-electron chi connectivity index (χ1n) is 6.51. The van der Waals surface area contributed by atoms with Gasteiger partial charge in [0.2, 0.25) is 0 Å². The monoisotopic (exact) mass is 275 g/mol. The Morgan fingerprint density at radius 2 is 1.83 bits per heavy atom. The molecule has 18 heavy (non-hydrogen) atoms. The number of aliphatic hydroxyl groups excluding tert-OH is 2. The Hall–Kier alpha value is -0.300. The minimum Gasteiger partial charge on any atom is -0.481 e. The number of aliphatic carboxylic acids is 1. The molecule has 1 aliphatic heterocycles. The molecule has 1 saturated heterocycles. The van der Waals surface area contributed by atoms with Gasteiger partial charge in [0, 0.05) is 18.2 Å². The van der Waals surface area contributed by atoms with Crippen LogP contribution in [0.1, 0.15) is 32.1 Å². The first-order chi connectivity index (χ1) is 8.49. The molecule has 6 heteroatoms. The van der Waals surface area contributed by atoms with E-state index < -0.39 is 18.4 Å². The third kappa shape index (κ3) is 2.99. The highest BCUT2D eigenvalue weighted by atomic mass is 32.1. The maximum atomic E-state index is 10.9. The fraction of sp³-hybridized carbons (Fsp3) is 0.917. The number of likely N-dealkylation sites (tertiary alicyclic amines) is 1. The molecule has 1 saturated carbocycles. The minimum atomic E-state index is -0.704. The number of hydrogen-bond donors (Lipinski definition) is 4. The minimum absolute atomic E-state index is 0.199. The van der Waals surface area contributed by atoms with Gasteiger partial charge in [-0.3, -0.25) is 9.69 Å². The van der Waals surface area contributed by atoms with Crippen molar-refractivity contribution in [1.82, 2.24) is 4.90 Å². The van der Waals surface area contributed by atoms with Crippen molar-refractivity contribution in [3.8, 4) is 0 Å². The molecule has 104 valence electrons. The Labute approximate surface area is 112 Å². The van der Waals surface area contributed by atoms with Crippen molar-refractivity contribution in [3.63, 3.8) is 0 Å². The van der Waals surface area contributed by atoms with Crippen LogP contribution in [-0.4, -0.2) is 50.4 Å². The Morgan fingerprint density at radius 3 is 2.28 bits per heavy atom. The predicted molar refractivity (Wildman–Crippen MR) is 69.2 cm³/mol. The molecule has 1 aliphatic carbocycles. The van der Waals surface area contributed by atoms with E-state index in [-0.39, 0.29) is 11.2 Å². The predicted octanol–water partition coefficient (Wildman–Crippen LogP) is 0.518. The van der Waals surface area contributed by atoms with Crippen molar-refractivity contribution in [2.24, 2.45) is 11.8 Å². The third-order valence-electron chi connectivity index (χ3n) is 4.18. The number of hydrogen-bond acceptors (Lipinski definition) is 5. The molecule has 0 amide bonds. The van der Waals surface area contributed by atoms with Crippen LogP contribution in [0.4, 0.5) is 0 Å². The summed E-state index contributed by atoms with van der Waals surface area (Å²) in [5, 5.41) is 28.4. The van der Waals surface area contributed by atoms with Gasteiger partial charge in [-0.25, -0.2) is 0 Å². The number of rotatable bonds is 3. The molecule has 3 atom stereocenters. The summed E-state index contributed by atoms with van der Waals surface area (Å²) < 4.78 is 0. The van der Waals surface area contributed by atoms with Crippen LogP contribution in [0.3, 0.4) is 0 Å². The quantitative estimate of drug-likeness (QED) is 0.565. The molecule has 0 aromatic carbocycles. The Kier molecular flexibility index (Phi) is 4.53. The maximum Gasteiger partial charge on any atom is 0.306 e. The van der Waals surface area contributed by atoms with Crippen molar-refractivity contribution < 1.29 is 20.1 Å². The van der Waals surface area contributed by atoms with Gasteiger partial charge < -0.3 is 15.3 Å². The van der Waals surface area contributed by atoms with Gasteiger partial charge in [-0.15, -0.1) is 0 Å². The lowest BCUT2D eigenvalue weighted by molar-refractivity contribution is -0.143. The number of carboxylic acids is 1. The van der Waals surface area contributed by atoms with Crippen LogP contribution in [0.25, 0.3) is 0 Å². The van der Waals surface area contributed by atoms with Crippen LogP contribution in [0.15, 0.2) is 0 Å². The molecule has 3 unspecified atom stereocenters. The van der Waals surface area contributed by atoms with Gasteiger partial charge in [0.05, 0.1) is 5.92 Å². The zero-order chi connectivity index (χ0) is 13.3. The van der Waals surface area contributed by atoms with E-state index in [1.165, 1.54) is 0 Å². The summed E-state index contributed by atoms with van der Waals surface area (Å²) in [5.74, 6) is -0.555. The zero-order valence-corrected chi connectivity index (χ0v) is 11.2. The average Bonchev–Trinajstić information content (AvgIpc) is 2.57. The summed E-state index contributed by atoms with van der Waals surface area (Å²) >= 11 is 4.24. The second kappa shape index (κ2) is 5.77. The van der Waals surface area contributed by atoms with Gasteiger partial charge in [0.15, 0.2) is 0 Å². The fourth-order valence-electron chi connectivity index (χ4n) is 2.99. The lowest BCUT2D eigenvalue weighted by Gasteiger charge is -2.32. The van der Waals surface area contributed by atoms with E-state index in [1.807, 2.05) is 0 Å². The molecular formula is C12H21NO4S. The maximum absolute atomic E-state index is 10.9. The van der Waals surface area contributed by atoms with Crippen LogP contribution in [-0.2, 0) is 4.79 Å². The van der Waals surface area contributed by atoms with Crippen molar-refractivity contribution in [1.29, 1.82) is 0 Å². The summed E-state index contributed by atoms with van der Waals surface area (Å²) in [5.41, 5.74) is 0. The first-order valence-corrected chi connectivity index (χ1v) is 7.03. The van der Waals surface area contributed by atoms with Crippen LogP contribution in [0.5, 0.6) is 0 Å². The first kappa shape index (κ1) is 14.1. The zero-order valence-electron chi connectivity index (χ0n) is 10.3. The van der Waals surface area contributed by atoms with Gasteiger partial charge in [-0.2, -0.15) is 12.6 Å². The smallest absolute Gasteiger partial charge is 0.306 e. The van der Waals surface area contributed by atoms with Gasteiger partial charge in [0.1, 0.15) is 12.5 Å². The SMILES string of the molecule is O=C(O)C1CCC(CN2C(O)CC(S)C2O)CC1. The number of aliphatic hydroxyl groups is 2. The molecule has 0 aromatic heterocycles. The molecular weight excluding hydrogens is 254 g/mol. The lowest BCUT2D eigenvalue weighted by atomic mass is 9.82. The second-order valence-electron chi connectivity index (χ2n) is 5.45. The van der Waals surface area contributed by atoms with Crippen LogP contribution >= 0.6 is 12.6 Å². The normalized spacial score (nSPS) is 42.1. The van der Waals surface area contributed by atoms with E-state index in [4.69, 9.17) is 5.11 Å². The van der Waals surface area contributed by atoms with Gasteiger partial charge in [-0.05, 0) is 31.6 Å². The van der Waals surface area contributed by atoms with Gasteiger partial charge in [0.25, 0.3) is 0 Å². The molecule has 2 rings (SSSR count). The van der Waals surface area contributed by atoms with E-state index in [2.05, 4.69) is 12.6 Å². The summed E-state index contributed by atoms with van der Waals surface area (Å²) in [4.78, 5) is 12.5. The average molecular weight is 275 g/mol. The van der Waals surface area contributed by atoms with Crippen molar-refractivity contribution >= 4 is 18.6 Å². The molecule has 0 bridgehead atoms. The lowest BCUT2D eigenvalue weighted by Crippen LogP contribution is -2.42. The van der Waals surface area contributed by atoms with Crippen LogP contribution < -0.4 is 0 Å². The number of carbonyl (C=O) groups is 1. The highest BCUT2D eigenvalue weighted by Gasteiger charge is 2.39. The molecule has 0 spiro atoms. The van der Waals surface area contributed by atoms with E-state index in [0.717, 1.165) is 12.8 Å². The van der Waals surface area contributed by atoms with E-state index >= 15 is 0 Å². The largest absolute Gasteiger partial charge is 0.481 e. The van der Waals surface area contributed by atoms with Crippen LogP contribution in [0, 0.1) is 11.8 Å². The van der Waals surface area contributed by atoms with Crippen molar-refractivity contribution in [2.75, 3.05) is 6.54 Å². The van der Waals surface area contributed by atoms with E-state index in [0.29, 0.717) is 31.7 Å². The van der Waals surface area contributed by atoms with Gasteiger partial charge in [-0.1, -0.05) is 0 Å². The Morgan fingerprint density at radius 1 is 1.22 bits per heavy atom. The van der Waals surface area contributed by atoms with Crippen molar-refractivity contribution in [2.45, 2.75) is 49.8 Å². The van der Waals surface area contributed by atoms with E-state index in [9.17, 15) is 15.0 Å². The molecule has 2 fully saturated rings. The number of thiol groups is 1. The molecule has 2 aliphatic rings. The fourth-order valence-corrected chi connectivity index (χ4v) is 3.35. The number of carboxylic acid groups (broad SMARTS) is 1. The Bertz CT molecular complexity index is 306. The molecule has 0 aromatic rings. The third-order valence-corrected chi connectivity index (χ3v) is 4.66. The summed E-state index contributed by atoms with van der Waals surface area (Å²) in [6.45, 7) is 0.631. The highest BCUT2D eigenvalue weighted by molar-refractivity contribution is 7.81. The number of nitrogens with zero attached hydrogens (tertiary/aromatic N) is 1. The highest BCUT2D eigenvalue weighted by Crippen LogP contribution is 2.33. The second-order valence-corrected chi connectivity index (χ2v) is 6.11. The molecule has 5 nitrogen and oxygen atoms in total. The van der Waals surface area contributed by atoms with Gasteiger partial charge >= 0.3 is 5.97 Å². The molecule has 3 N–H and O–H groups in total. The van der Waals surface area contributed by atoms with Crippen molar-refractivity contribution in [3.05, 3.63) is 0 Å². The molecule has 1 heterocycles. The van der Waals surface area contributed by atoms with E-state index in [1.54, 1.807) is 4.90 Å².